The minimum Gasteiger partial charge on any atom is -0.435 e. The van der Waals surface area contributed by atoms with E-state index < -0.39 is 12.2 Å². The molecule has 1 aliphatic rings. The van der Waals surface area contributed by atoms with E-state index in [9.17, 15) is 8.78 Å². The molecule has 0 amide bonds. The van der Waals surface area contributed by atoms with E-state index in [1.807, 2.05) is 31.7 Å². The van der Waals surface area contributed by atoms with Gasteiger partial charge in [0.2, 0.25) is 0 Å². The zero-order valence-corrected chi connectivity index (χ0v) is 11.8. The van der Waals surface area contributed by atoms with Gasteiger partial charge in [-0.2, -0.15) is 8.78 Å². The number of nitrogens with zero attached hydrogens (tertiary/aromatic N) is 2. The van der Waals surface area contributed by atoms with E-state index in [2.05, 4.69) is 9.73 Å². The summed E-state index contributed by atoms with van der Waals surface area (Å²) in [5, 5.41) is 0. The molecular weight excluding hydrogens is 264 g/mol. The van der Waals surface area contributed by atoms with Gasteiger partial charge in [-0.3, -0.25) is 4.99 Å². The van der Waals surface area contributed by atoms with Crippen LogP contribution in [-0.4, -0.2) is 30.1 Å². The van der Waals surface area contributed by atoms with Crippen LogP contribution in [-0.2, 0) is 5.54 Å². The van der Waals surface area contributed by atoms with Gasteiger partial charge in [0.1, 0.15) is 5.75 Å². The highest BCUT2D eigenvalue weighted by atomic mass is 19.3. The van der Waals surface area contributed by atoms with Crippen LogP contribution in [0.4, 0.5) is 8.78 Å². The number of halogens is 2. The predicted molar refractivity (Wildman–Crippen MR) is 73.9 cm³/mol. The number of hydrogen-bond acceptors (Lipinski definition) is 4. The van der Waals surface area contributed by atoms with Crippen molar-refractivity contribution in [2.75, 3.05) is 6.54 Å². The predicted octanol–water partition coefficient (Wildman–Crippen LogP) is 2.54. The van der Waals surface area contributed by atoms with E-state index in [4.69, 9.17) is 5.73 Å². The Labute approximate surface area is 117 Å². The molecule has 0 aliphatic carbocycles. The average Bonchev–Trinajstić information content (AvgIpc) is 2.66. The van der Waals surface area contributed by atoms with Crippen LogP contribution in [0.15, 0.2) is 29.3 Å². The number of aliphatic imine (C=N–C) groups is 1. The largest absolute Gasteiger partial charge is 0.435 e. The molecule has 0 saturated carbocycles. The lowest BCUT2D eigenvalue weighted by molar-refractivity contribution is -0.0499. The highest BCUT2D eigenvalue weighted by Gasteiger charge is 2.41. The molecule has 1 atom stereocenters. The number of nitrogens with two attached hydrogens (primary N) is 1. The molecule has 110 valence electrons. The van der Waals surface area contributed by atoms with Crippen LogP contribution in [0.1, 0.15) is 26.3 Å². The molecule has 0 aromatic heterocycles. The molecule has 4 nitrogen and oxygen atoms in total. The fourth-order valence-electron chi connectivity index (χ4n) is 2.71. The summed E-state index contributed by atoms with van der Waals surface area (Å²) in [6, 6.07) is 6.87. The number of hydrogen-bond donors (Lipinski definition) is 1. The van der Waals surface area contributed by atoms with Crippen molar-refractivity contribution in [3.8, 4) is 5.75 Å². The maximum absolute atomic E-state index is 12.3. The van der Waals surface area contributed by atoms with Gasteiger partial charge in [0.15, 0.2) is 5.96 Å². The van der Waals surface area contributed by atoms with Crippen molar-refractivity contribution < 1.29 is 13.5 Å². The summed E-state index contributed by atoms with van der Waals surface area (Å²) in [5.74, 6) is 0.621. The summed E-state index contributed by atoms with van der Waals surface area (Å²) >= 11 is 0. The number of guanidine groups is 1. The van der Waals surface area contributed by atoms with Crippen molar-refractivity contribution in [3.63, 3.8) is 0 Å². The smallest absolute Gasteiger partial charge is 0.387 e. The Morgan fingerprint density at radius 3 is 2.70 bits per heavy atom. The molecule has 0 radical (unpaired) electrons. The standard InChI is InChI=1S/C14H19F2N3O/c1-9(2)19-13(17)18-8-14(19,3)10-5-4-6-11(7-10)20-12(15)16/h4-7,9,12H,8H2,1-3H3,(H2,17,18). The van der Waals surface area contributed by atoms with Gasteiger partial charge in [-0.05, 0) is 38.5 Å². The molecule has 1 aromatic carbocycles. The Kier molecular flexibility index (Phi) is 3.83. The van der Waals surface area contributed by atoms with Gasteiger partial charge in [0, 0.05) is 6.04 Å². The normalized spacial score (nSPS) is 22.6. The number of benzene rings is 1. The molecule has 2 N–H and O–H groups in total. The summed E-state index contributed by atoms with van der Waals surface area (Å²) in [4.78, 5) is 6.28. The fraction of sp³-hybridized carbons (Fsp3) is 0.500. The van der Waals surface area contributed by atoms with Crippen LogP contribution in [0.5, 0.6) is 5.75 Å². The molecule has 0 spiro atoms. The van der Waals surface area contributed by atoms with Crippen LogP contribution in [0.2, 0.25) is 0 Å². The van der Waals surface area contributed by atoms with Crippen LogP contribution >= 0.6 is 0 Å². The lowest BCUT2D eigenvalue weighted by Gasteiger charge is -2.39. The average molecular weight is 283 g/mol. The van der Waals surface area contributed by atoms with E-state index in [0.29, 0.717) is 12.5 Å². The zero-order valence-electron chi connectivity index (χ0n) is 11.8. The molecule has 1 aromatic rings. The molecule has 1 unspecified atom stereocenters. The van der Waals surface area contributed by atoms with Gasteiger partial charge < -0.3 is 15.4 Å². The summed E-state index contributed by atoms with van der Waals surface area (Å²) in [7, 11) is 0. The molecule has 20 heavy (non-hydrogen) atoms. The summed E-state index contributed by atoms with van der Waals surface area (Å²) in [6.45, 7) is 3.70. The molecule has 0 saturated heterocycles. The zero-order chi connectivity index (χ0) is 14.9. The van der Waals surface area contributed by atoms with E-state index in [-0.39, 0.29) is 11.8 Å². The van der Waals surface area contributed by atoms with Crippen molar-refractivity contribution in [3.05, 3.63) is 29.8 Å². The van der Waals surface area contributed by atoms with Crippen LogP contribution in [0.3, 0.4) is 0 Å². The Morgan fingerprint density at radius 1 is 1.40 bits per heavy atom. The molecule has 1 heterocycles. The molecule has 0 fully saturated rings. The second-order valence-electron chi connectivity index (χ2n) is 5.32. The van der Waals surface area contributed by atoms with Gasteiger partial charge >= 0.3 is 6.61 Å². The first kappa shape index (κ1) is 14.6. The Hall–Kier alpha value is -1.85. The third-order valence-corrected chi connectivity index (χ3v) is 3.52. The first-order valence-electron chi connectivity index (χ1n) is 6.49. The Balaban J connectivity index is 2.35. The Bertz CT molecular complexity index is 519. The maximum atomic E-state index is 12.3. The van der Waals surface area contributed by atoms with Crippen LogP contribution in [0, 0.1) is 0 Å². The summed E-state index contributed by atoms with van der Waals surface area (Å²) < 4.78 is 29.1. The minimum atomic E-state index is -2.83. The number of alkyl halides is 2. The molecule has 2 rings (SSSR count). The second-order valence-corrected chi connectivity index (χ2v) is 5.32. The first-order valence-corrected chi connectivity index (χ1v) is 6.49. The van der Waals surface area contributed by atoms with Gasteiger partial charge in [0.05, 0.1) is 12.1 Å². The quantitative estimate of drug-likeness (QED) is 0.924. The van der Waals surface area contributed by atoms with Crippen molar-refractivity contribution in [1.82, 2.24) is 4.90 Å². The van der Waals surface area contributed by atoms with Gasteiger partial charge in [0.25, 0.3) is 0 Å². The minimum absolute atomic E-state index is 0.146. The van der Waals surface area contributed by atoms with E-state index in [0.717, 1.165) is 5.56 Å². The van der Waals surface area contributed by atoms with E-state index >= 15 is 0 Å². The third-order valence-electron chi connectivity index (χ3n) is 3.52. The highest BCUT2D eigenvalue weighted by Crippen LogP contribution is 2.35. The van der Waals surface area contributed by atoms with Gasteiger partial charge in [-0.15, -0.1) is 0 Å². The molecule has 1 aliphatic heterocycles. The second kappa shape index (κ2) is 5.26. The van der Waals surface area contributed by atoms with Gasteiger partial charge in [-0.1, -0.05) is 12.1 Å². The molecular formula is C14H19F2N3O. The van der Waals surface area contributed by atoms with Gasteiger partial charge in [-0.25, -0.2) is 0 Å². The summed E-state index contributed by atoms with van der Waals surface area (Å²) in [6.07, 6.45) is 0. The fourth-order valence-corrected chi connectivity index (χ4v) is 2.71. The topological polar surface area (TPSA) is 50.8 Å². The van der Waals surface area contributed by atoms with Crippen LogP contribution in [0.25, 0.3) is 0 Å². The highest BCUT2D eigenvalue weighted by molar-refractivity contribution is 5.81. The Morgan fingerprint density at radius 2 is 2.10 bits per heavy atom. The number of ether oxygens (including phenoxy) is 1. The van der Waals surface area contributed by atoms with Crippen molar-refractivity contribution >= 4 is 5.96 Å². The molecule has 0 bridgehead atoms. The van der Waals surface area contributed by atoms with Crippen molar-refractivity contribution in [2.45, 2.75) is 39.0 Å². The lowest BCUT2D eigenvalue weighted by atomic mass is 9.90. The van der Waals surface area contributed by atoms with E-state index in [1.165, 1.54) is 6.07 Å². The third kappa shape index (κ3) is 2.55. The first-order chi connectivity index (χ1) is 9.34. The SMILES string of the molecule is CC(C)N1C(N)=NCC1(C)c1cccc(OC(F)F)c1. The monoisotopic (exact) mass is 283 g/mol. The van der Waals surface area contributed by atoms with Crippen LogP contribution < -0.4 is 10.5 Å². The van der Waals surface area contributed by atoms with E-state index in [1.54, 1.807) is 12.1 Å². The molecule has 6 heteroatoms. The lowest BCUT2D eigenvalue weighted by Crippen LogP contribution is -2.51. The number of rotatable bonds is 4. The maximum Gasteiger partial charge on any atom is 0.387 e. The van der Waals surface area contributed by atoms with Crippen molar-refractivity contribution in [2.24, 2.45) is 10.7 Å². The van der Waals surface area contributed by atoms with Crippen molar-refractivity contribution in [1.29, 1.82) is 0 Å². The summed E-state index contributed by atoms with van der Waals surface area (Å²) in [5.41, 5.74) is 6.35.